The van der Waals surface area contributed by atoms with Crippen LogP contribution in [0.4, 0.5) is 33.4 Å². The highest BCUT2D eigenvalue weighted by Crippen LogP contribution is 2.53. The molecule has 2 aliphatic rings. The summed E-state index contributed by atoms with van der Waals surface area (Å²) < 4.78 is 0. The van der Waals surface area contributed by atoms with Crippen LogP contribution in [0.25, 0.3) is 55.1 Å². The van der Waals surface area contributed by atoms with Crippen molar-refractivity contribution in [2.45, 2.75) is 52.4 Å². The second-order valence-electron chi connectivity index (χ2n) is 20.7. The number of benzene rings is 9. The molecular formula is C65H54BN3S. The molecule has 0 saturated carbocycles. The molecule has 10 aromatic rings. The fourth-order valence-corrected chi connectivity index (χ4v) is 11.8. The first-order valence-corrected chi connectivity index (χ1v) is 25.3. The molecule has 0 unspecified atom stereocenters. The Morgan fingerprint density at radius 3 is 1.26 bits per heavy atom. The van der Waals surface area contributed by atoms with E-state index in [1.54, 1.807) is 0 Å². The molecule has 0 aliphatic carbocycles. The lowest BCUT2D eigenvalue weighted by Gasteiger charge is -2.44. The van der Waals surface area contributed by atoms with Gasteiger partial charge in [-0.05, 0) is 73.3 Å². The summed E-state index contributed by atoms with van der Waals surface area (Å²) in [6.45, 7) is 13.7. The first kappa shape index (κ1) is 43.5. The van der Waals surface area contributed by atoms with E-state index in [4.69, 9.17) is 4.98 Å². The molecule has 0 spiro atoms. The summed E-state index contributed by atoms with van der Waals surface area (Å²) in [6.07, 6.45) is 0. The third-order valence-corrected chi connectivity index (χ3v) is 15.3. The van der Waals surface area contributed by atoms with Gasteiger partial charge in [0.1, 0.15) is 10.0 Å². The van der Waals surface area contributed by atoms with Crippen LogP contribution in [0.15, 0.2) is 218 Å². The third kappa shape index (κ3) is 7.39. The normalized spacial score (nSPS) is 12.9. The number of nitrogens with zero attached hydrogens (tertiary/aromatic N) is 3. The van der Waals surface area contributed by atoms with Crippen molar-refractivity contribution in [3.8, 4) is 55.1 Å². The summed E-state index contributed by atoms with van der Waals surface area (Å²) in [5, 5.41) is 2.15. The molecule has 338 valence electrons. The molecule has 0 saturated heterocycles. The van der Waals surface area contributed by atoms with Crippen LogP contribution in [0.1, 0.15) is 52.7 Å². The highest BCUT2D eigenvalue weighted by molar-refractivity contribution is 7.22. The first-order valence-electron chi connectivity index (χ1n) is 24.5. The van der Waals surface area contributed by atoms with Crippen molar-refractivity contribution in [3.63, 3.8) is 0 Å². The van der Waals surface area contributed by atoms with E-state index in [0.29, 0.717) is 0 Å². The minimum Gasteiger partial charge on any atom is -0.310 e. The molecule has 0 atom stereocenters. The largest absolute Gasteiger partial charge is 0.310 e. The number of fused-ring (bicyclic) bond motifs is 4. The van der Waals surface area contributed by atoms with Gasteiger partial charge in [-0.15, -0.1) is 0 Å². The van der Waals surface area contributed by atoms with Crippen molar-refractivity contribution in [2.75, 3.05) is 9.80 Å². The van der Waals surface area contributed by atoms with Crippen LogP contribution in [0.5, 0.6) is 0 Å². The van der Waals surface area contributed by atoms with Crippen molar-refractivity contribution in [1.29, 1.82) is 0 Å². The van der Waals surface area contributed by atoms with Gasteiger partial charge in [0.25, 0.3) is 6.71 Å². The van der Waals surface area contributed by atoms with Crippen LogP contribution in [0, 0.1) is 0 Å². The van der Waals surface area contributed by atoms with E-state index in [-0.39, 0.29) is 17.5 Å². The van der Waals surface area contributed by atoms with Gasteiger partial charge in [0.05, 0.1) is 17.0 Å². The molecule has 0 amide bonds. The smallest absolute Gasteiger partial charge is 0.276 e. The van der Waals surface area contributed by atoms with Gasteiger partial charge in [-0.25, -0.2) is 4.98 Å². The average molecular weight is 920 g/mol. The minimum absolute atomic E-state index is 0.0342. The number of thiazole rings is 1. The predicted octanol–water partition coefficient (Wildman–Crippen LogP) is 16.2. The first-order chi connectivity index (χ1) is 34.0. The fraction of sp³-hybridized carbons (Fsp3) is 0.123. The maximum atomic E-state index is 5.90. The molecule has 12 rings (SSSR count). The van der Waals surface area contributed by atoms with Crippen LogP contribution >= 0.6 is 11.3 Å². The van der Waals surface area contributed by atoms with Crippen molar-refractivity contribution in [3.05, 3.63) is 230 Å². The molecule has 0 N–H and O–H groups in total. The maximum absolute atomic E-state index is 5.90. The zero-order chi connectivity index (χ0) is 47.7. The van der Waals surface area contributed by atoms with Gasteiger partial charge in [-0.3, -0.25) is 0 Å². The van der Waals surface area contributed by atoms with E-state index in [2.05, 4.69) is 270 Å². The summed E-state index contributed by atoms with van der Waals surface area (Å²) in [7, 11) is 0. The minimum atomic E-state index is -0.155. The Bertz CT molecular complexity index is 3440. The Kier molecular flexibility index (Phi) is 10.6. The third-order valence-electron chi connectivity index (χ3n) is 14.2. The molecule has 70 heavy (non-hydrogen) atoms. The summed E-state index contributed by atoms with van der Waals surface area (Å²) in [6, 6.07) is 80.6. The Balaban J connectivity index is 1.21. The zero-order valence-corrected chi connectivity index (χ0v) is 41.4. The molecule has 5 heteroatoms. The average Bonchev–Trinajstić information content (AvgIpc) is 3.84. The topological polar surface area (TPSA) is 19.4 Å². The van der Waals surface area contributed by atoms with E-state index in [1.165, 1.54) is 50.0 Å². The monoisotopic (exact) mass is 919 g/mol. The van der Waals surface area contributed by atoms with Gasteiger partial charge >= 0.3 is 0 Å². The van der Waals surface area contributed by atoms with E-state index in [0.717, 1.165) is 66.2 Å². The lowest BCUT2D eigenvalue weighted by molar-refractivity contribution is 0.590. The van der Waals surface area contributed by atoms with Crippen LogP contribution in [-0.2, 0) is 10.8 Å². The van der Waals surface area contributed by atoms with Crippen molar-refractivity contribution < 1.29 is 0 Å². The number of hydrogen-bond acceptors (Lipinski definition) is 4. The molecule has 3 heterocycles. The Hall–Kier alpha value is -7.73. The quantitative estimate of drug-likeness (QED) is 0.149. The number of anilines is 6. The van der Waals surface area contributed by atoms with E-state index >= 15 is 0 Å². The van der Waals surface area contributed by atoms with Crippen LogP contribution in [0.3, 0.4) is 0 Å². The highest BCUT2D eigenvalue weighted by Gasteiger charge is 2.47. The molecule has 0 radical (unpaired) electrons. The molecule has 3 nitrogen and oxygen atoms in total. The Morgan fingerprint density at radius 2 is 0.800 bits per heavy atom. The predicted molar refractivity (Wildman–Crippen MR) is 301 cm³/mol. The molecule has 0 bridgehead atoms. The van der Waals surface area contributed by atoms with Crippen LogP contribution < -0.4 is 26.3 Å². The van der Waals surface area contributed by atoms with Gasteiger partial charge in [-0.2, -0.15) is 0 Å². The van der Waals surface area contributed by atoms with Crippen LogP contribution in [-0.4, -0.2) is 11.7 Å². The number of hydrogen-bond donors (Lipinski definition) is 0. The summed E-state index contributed by atoms with van der Waals surface area (Å²) in [4.78, 5) is 11.1. The Labute approximate surface area is 417 Å². The second-order valence-corrected chi connectivity index (χ2v) is 21.7. The van der Waals surface area contributed by atoms with Gasteiger partial charge in [0.15, 0.2) is 0 Å². The molecule has 2 aliphatic heterocycles. The highest BCUT2D eigenvalue weighted by atomic mass is 32.1. The van der Waals surface area contributed by atoms with E-state index in [1.807, 2.05) is 11.3 Å². The number of para-hydroxylation sites is 2. The van der Waals surface area contributed by atoms with Crippen molar-refractivity contribution in [1.82, 2.24) is 4.98 Å². The number of aromatic nitrogens is 1. The standard InChI is InChI=1S/C65H54BN3S/c1-64(2,3)48-38-36-47(37-39-48)62-67-61-63(70-62)69(60-52(45-26-15-9-16-27-45)32-20-33-53(60)46-28-17-10-18-29-46)57-35-21-34-56-58(57)66(61)54-42-49(65(4,5)6)40-41-55(54)68(56)59-50(43-22-11-7-12-23-43)30-19-31-51(59)44-24-13-8-14-25-44/h7-42H,1-6H3. The van der Waals surface area contributed by atoms with Gasteiger partial charge in [0.2, 0.25) is 0 Å². The SMILES string of the molecule is CC(C)(C)c1ccc(-c2nc3c(s2)N(c2c(-c4ccccc4)cccc2-c2ccccc2)c2cccc4c2B3c2cc(C(C)(C)C)ccc2N4c2c(-c3ccccc3)cccc2-c2ccccc2)cc1. The zero-order valence-electron chi connectivity index (χ0n) is 40.6. The van der Waals surface area contributed by atoms with Crippen molar-refractivity contribution >= 4 is 68.0 Å². The lowest BCUT2D eigenvalue weighted by atomic mass is 9.35. The van der Waals surface area contributed by atoms with Crippen molar-refractivity contribution in [2.24, 2.45) is 0 Å². The Morgan fingerprint density at radius 1 is 0.386 bits per heavy atom. The van der Waals surface area contributed by atoms with E-state index in [9.17, 15) is 0 Å². The lowest BCUT2D eigenvalue weighted by Crippen LogP contribution is -2.61. The summed E-state index contributed by atoms with van der Waals surface area (Å²) in [5.41, 5.74) is 22.4. The molecule has 1 aromatic heterocycles. The molecule has 9 aromatic carbocycles. The second kappa shape index (κ2) is 17.0. The van der Waals surface area contributed by atoms with Gasteiger partial charge in [0, 0.05) is 44.9 Å². The maximum Gasteiger partial charge on any atom is 0.276 e. The fourth-order valence-electron chi connectivity index (χ4n) is 10.7. The summed E-state index contributed by atoms with van der Waals surface area (Å²) >= 11 is 1.81. The molecular weight excluding hydrogens is 866 g/mol. The van der Waals surface area contributed by atoms with E-state index < -0.39 is 0 Å². The van der Waals surface area contributed by atoms with Gasteiger partial charge in [-0.1, -0.05) is 253 Å². The number of rotatable bonds is 7. The van der Waals surface area contributed by atoms with Gasteiger partial charge < -0.3 is 9.80 Å². The molecule has 0 fully saturated rings. The summed E-state index contributed by atoms with van der Waals surface area (Å²) in [5.74, 6) is 0. The van der Waals surface area contributed by atoms with Crippen LogP contribution in [0.2, 0.25) is 0 Å².